The fourth-order valence-electron chi connectivity index (χ4n) is 2.58. The van der Waals surface area contributed by atoms with E-state index in [-0.39, 0.29) is 0 Å². The van der Waals surface area contributed by atoms with Crippen molar-refractivity contribution < 1.29 is 4.74 Å². The van der Waals surface area contributed by atoms with Crippen LogP contribution in [0.25, 0.3) is 11.4 Å². The quantitative estimate of drug-likeness (QED) is 0.857. The van der Waals surface area contributed by atoms with E-state index < -0.39 is 0 Å². The molecule has 0 amide bonds. The average molecular weight is 257 g/mol. The number of nitrogens with zero attached hydrogens (tertiary/aromatic N) is 2. The Bertz CT molecular complexity index is 544. The summed E-state index contributed by atoms with van der Waals surface area (Å²) in [5.74, 6) is 0.977. The summed E-state index contributed by atoms with van der Waals surface area (Å²) in [6, 6.07) is 7.86. The Morgan fingerprint density at radius 2 is 2.37 bits per heavy atom. The van der Waals surface area contributed by atoms with Crippen LogP contribution in [0, 0.1) is 0 Å². The van der Waals surface area contributed by atoms with E-state index in [1.165, 1.54) is 12.8 Å². The zero-order valence-corrected chi connectivity index (χ0v) is 11.0. The molecule has 1 aromatic heterocycles. The van der Waals surface area contributed by atoms with Gasteiger partial charge >= 0.3 is 0 Å². The summed E-state index contributed by atoms with van der Waals surface area (Å²) in [5.41, 5.74) is 7.67. The van der Waals surface area contributed by atoms with Gasteiger partial charge in [-0.15, -0.1) is 0 Å². The Hall–Kier alpha value is -1.81. The molecule has 1 atom stereocenters. The number of hydrogen-bond acceptors (Lipinski definition) is 3. The van der Waals surface area contributed by atoms with Crippen LogP contribution in [0.15, 0.2) is 36.7 Å². The summed E-state index contributed by atoms with van der Waals surface area (Å²) in [4.78, 5) is 4.44. The van der Waals surface area contributed by atoms with Crippen molar-refractivity contribution >= 4 is 5.69 Å². The Kier molecular flexibility index (Phi) is 3.51. The number of hydrogen-bond donors (Lipinski definition) is 1. The molecule has 19 heavy (non-hydrogen) atoms. The van der Waals surface area contributed by atoms with Gasteiger partial charge in [0.1, 0.15) is 5.82 Å². The van der Waals surface area contributed by atoms with Crippen LogP contribution in [0.4, 0.5) is 5.69 Å². The van der Waals surface area contributed by atoms with Crippen LogP contribution in [0.2, 0.25) is 0 Å². The lowest BCUT2D eigenvalue weighted by molar-refractivity contribution is 0.100. The van der Waals surface area contributed by atoms with E-state index >= 15 is 0 Å². The van der Waals surface area contributed by atoms with Gasteiger partial charge in [-0.2, -0.15) is 0 Å². The standard InChI is InChI=1S/C15H19N3O/c16-13-4-1-3-12(11-13)15-17-7-9-18(15)8-6-14-5-2-10-19-14/h1,3-4,7,9,11,14H,2,5-6,8,10,16H2. The maximum absolute atomic E-state index is 5.83. The summed E-state index contributed by atoms with van der Waals surface area (Å²) in [5, 5.41) is 0. The number of benzene rings is 1. The smallest absolute Gasteiger partial charge is 0.139 e. The fraction of sp³-hybridized carbons (Fsp3) is 0.400. The second-order valence-corrected chi connectivity index (χ2v) is 4.99. The molecular weight excluding hydrogens is 238 g/mol. The fourth-order valence-corrected chi connectivity index (χ4v) is 2.58. The molecule has 0 saturated carbocycles. The second-order valence-electron chi connectivity index (χ2n) is 4.99. The van der Waals surface area contributed by atoms with Crippen LogP contribution in [0.5, 0.6) is 0 Å². The maximum atomic E-state index is 5.83. The van der Waals surface area contributed by atoms with Crippen LogP contribution < -0.4 is 5.73 Å². The van der Waals surface area contributed by atoms with E-state index in [4.69, 9.17) is 10.5 Å². The van der Waals surface area contributed by atoms with Crippen molar-refractivity contribution in [3.05, 3.63) is 36.7 Å². The minimum Gasteiger partial charge on any atom is -0.399 e. The van der Waals surface area contributed by atoms with Crippen molar-refractivity contribution in [1.82, 2.24) is 9.55 Å². The molecule has 100 valence electrons. The number of aromatic nitrogens is 2. The largest absolute Gasteiger partial charge is 0.399 e. The Balaban J connectivity index is 1.74. The lowest BCUT2D eigenvalue weighted by atomic mass is 10.1. The number of anilines is 1. The molecule has 4 nitrogen and oxygen atoms in total. The third kappa shape index (κ3) is 2.79. The van der Waals surface area contributed by atoms with Gasteiger partial charge in [-0.25, -0.2) is 4.98 Å². The van der Waals surface area contributed by atoms with Gasteiger partial charge < -0.3 is 15.0 Å². The van der Waals surface area contributed by atoms with E-state index in [1.54, 1.807) is 0 Å². The lowest BCUT2D eigenvalue weighted by Crippen LogP contribution is -2.10. The topological polar surface area (TPSA) is 53.1 Å². The van der Waals surface area contributed by atoms with Crippen LogP contribution >= 0.6 is 0 Å². The lowest BCUT2D eigenvalue weighted by Gasteiger charge is -2.12. The highest BCUT2D eigenvalue weighted by Crippen LogP contribution is 2.22. The third-order valence-electron chi connectivity index (χ3n) is 3.58. The van der Waals surface area contributed by atoms with Gasteiger partial charge in [0, 0.05) is 36.8 Å². The number of imidazole rings is 1. The van der Waals surface area contributed by atoms with Crippen molar-refractivity contribution in [2.75, 3.05) is 12.3 Å². The summed E-state index contributed by atoms with van der Waals surface area (Å²) in [7, 11) is 0. The number of nitrogen functional groups attached to an aromatic ring is 1. The van der Waals surface area contributed by atoms with Gasteiger partial charge in [0.05, 0.1) is 6.10 Å². The molecule has 1 unspecified atom stereocenters. The maximum Gasteiger partial charge on any atom is 0.139 e. The highest BCUT2D eigenvalue weighted by atomic mass is 16.5. The van der Waals surface area contributed by atoms with Crippen LogP contribution in [-0.4, -0.2) is 22.3 Å². The monoisotopic (exact) mass is 257 g/mol. The second kappa shape index (κ2) is 5.45. The van der Waals surface area contributed by atoms with Gasteiger partial charge in [0.25, 0.3) is 0 Å². The molecule has 4 heteroatoms. The van der Waals surface area contributed by atoms with Crippen molar-refractivity contribution in [3.8, 4) is 11.4 Å². The number of rotatable bonds is 4. The first-order valence-electron chi connectivity index (χ1n) is 6.81. The molecule has 0 spiro atoms. The number of nitrogens with two attached hydrogens (primary N) is 1. The normalized spacial score (nSPS) is 18.8. The van der Waals surface area contributed by atoms with E-state index in [0.717, 1.165) is 36.6 Å². The molecule has 1 aliphatic rings. The summed E-state index contributed by atoms with van der Waals surface area (Å²) >= 11 is 0. The summed E-state index contributed by atoms with van der Waals surface area (Å²) in [6.07, 6.45) is 7.70. The van der Waals surface area contributed by atoms with Crippen molar-refractivity contribution in [2.24, 2.45) is 0 Å². The Morgan fingerprint density at radius 3 is 3.16 bits per heavy atom. The number of ether oxygens (including phenoxy) is 1. The molecule has 1 aliphatic heterocycles. The molecule has 2 aromatic rings. The molecule has 2 N–H and O–H groups in total. The number of aryl methyl sites for hydroxylation is 1. The molecule has 0 radical (unpaired) electrons. The van der Waals surface area contributed by atoms with Crippen LogP contribution in [0.1, 0.15) is 19.3 Å². The van der Waals surface area contributed by atoms with Crippen molar-refractivity contribution in [3.63, 3.8) is 0 Å². The molecule has 3 rings (SSSR count). The Morgan fingerprint density at radius 1 is 1.42 bits per heavy atom. The van der Waals surface area contributed by atoms with E-state index in [2.05, 4.69) is 9.55 Å². The zero-order valence-electron chi connectivity index (χ0n) is 11.0. The van der Waals surface area contributed by atoms with Crippen LogP contribution in [0.3, 0.4) is 0 Å². The van der Waals surface area contributed by atoms with Gasteiger partial charge in [0.2, 0.25) is 0 Å². The van der Waals surface area contributed by atoms with E-state index in [0.29, 0.717) is 6.10 Å². The minimum atomic E-state index is 0.413. The third-order valence-corrected chi connectivity index (χ3v) is 3.58. The predicted octanol–water partition coefficient (Wildman–Crippen LogP) is 2.70. The Labute approximate surface area is 113 Å². The van der Waals surface area contributed by atoms with Crippen LogP contribution in [-0.2, 0) is 11.3 Å². The SMILES string of the molecule is Nc1cccc(-c2nccn2CCC2CCCO2)c1. The molecule has 0 aliphatic carbocycles. The molecule has 1 aromatic carbocycles. The highest BCUT2D eigenvalue weighted by molar-refractivity contribution is 5.61. The zero-order chi connectivity index (χ0) is 13.1. The first kappa shape index (κ1) is 12.2. The summed E-state index contributed by atoms with van der Waals surface area (Å²) < 4.78 is 7.84. The van der Waals surface area contributed by atoms with Gasteiger partial charge in [-0.05, 0) is 31.4 Å². The predicted molar refractivity (Wildman–Crippen MR) is 75.7 cm³/mol. The van der Waals surface area contributed by atoms with Crippen molar-refractivity contribution in [2.45, 2.75) is 31.9 Å². The first-order chi connectivity index (χ1) is 9.33. The van der Waals surface area contributed by atoms with Gasteiger partial charge in [-0.1, -0.05) is 12.1 Å². The molecule has 0 bridgehead atoms. The molecule has 1 fully saturated rings. The van der Waals surface area contributed by atoms with E-state index in [9.17, 15) is 0 Å². The van der Waals surface area contributed by atoms with Gasteiger partial charge in [0.15, 0.2) is 0 Å². The van der Waals surface area contributed by atoms with Crippen molar-refractivity contribution in [1.29, 1.82) is 0 Å². The summed E-state index contributed by atoms with van der Waals surface area (Å²) in [6.45, 7) is 1.85. The molecular formula is C15H19N3O. The molecule has 1 saturated heterocycles. The highest BCUT2D eigenvalue weighted by Gasteiger charge is 2.16. The minimum absolute atomic E-state index is 0.413. The first-order valence-corrected chi connectivity index (χ1v) is 6.81. The average Bonchev–Trinajstić information content (AvgIpc) is 3.08. The molecule has 2 heterocycles. The van der Waals surface area contributed by atoms with Gasteiger partial charge in [-0.3, -0.25) is 0 Å². The van der Waals surface area contributed by atoms with E-state index in [1.807, 2.05) is 36.7 Å².